The van der Waals surface area contributed by atoms with Crippen LogP contribution in [0.1, 0.15) is 5.56 Å². The zero-order chi connectivity index (χ0) is 21.4. The second kappa shape index (κ2) is 8.53. The van der Waals surface area contributed by atoms with E-state index in [-0.39, 0.29) is 12.1 Å². The van der Waals surface area contributed by atoms with Crippen LogP contribution in [0, 0.1) is 0 Å². The number of carbonyl (C=O) groups excluding carboxylic acids is 1. The molecule has 0 spiro atoms. The lowest BCUT2D eigenvalue weighted by molar-refractivity contribution is -0.129. The molecule has 1 saturated heterocycles. The number of hydrogen-bond donors (Lipinski definition) is 3. The van der Waals surface area contributed by atoms with Crippen LogP contribution in [0.2, 0.25) is 5.02 Å². The minimum Gasteiger partial charge on any atom is -0.398 e. The first-order chi connectivity index (χ1) is 15.1. The quantitative estimate of drug-likeness (QED) is 0.638. The fourth-order valence-electron chi connectivity index (χ4n) is 4.23. The highest BCUT2D eigenvalue weighted by Gasteiger charge is 2.33. The Morgan fingerprint density at radius 3 is 2.68 bits per heavy atom. The van der Waals surface area contributed by atoms with Crippen LogP contribution in [-0.4, -0.2) is 65.4 Å². The van der Waals surface area contributed by atoms with Crippen molar-refractivity contribution in [3.8, 4) is 0 Å². The Morgan fingerprint density at radius 1 is 1.19 bits per heavy atom. The van der Waals surface area contributed by atoms with Crippen LogP contribution < -0.4 is 16.4 Å². The van der Waals surface area contributed by atoms with Gasteiger partial charge in [0.05, 0.1) is 17.3 Å². The summed E-state index contributed by atoms with van der Waals surface area (Å²) in [5.74, 6) is 0.878. The van der Waals surface area contributed by atoms with Gasteiger partial charge >= 0.3 is 0 Å². The number of rotatable bonds is 4. The van der Waals surface area contributed by atoms with E-state index in [0.717, 1.165) is 66.3 Å². The second-order valence-electron chi connectivity index (χ2n) is 7.90. The summed E-state index contributed by atoms with van der Waals surface area (Å²) in [5, 5.41) is 9.41. The number of halogens is 1. The molecule has 4 N–H and O–H groups in total. The molecule has 0 radical (unpaired) electrons. The third-order valence-corrected chi connectivity index (χ3v) is 6.86. The molecular formula is C22H25ClN6OS. The molecule has 5 rings (SSSR count). The molecule has 9 heteroatoms. The number of benzene rings is 1. The number of hydrogen-bond acceptors (Lipinski definition) is 7. The molecule has 4 aliphatic rings. The lowest BCUT2D eigenvalue weighted by atomic mass is 10.1. The summed E-state index contributed by atoms with van der Waals surface area (Å²) in [5.41, 5.74) is 10.9. The van der Waals surface area contributed by atoms with Gasteiger partial charge in [0.25, 0.3) is 5.91 Å². The van der Waals surface area contributed by atoms with Crippen molar-refractivity contribution in [3.63, 3.8) is 0 Å². The van der Waals surface area contributed by atoms with Gasteiger partial charge in [0, 0.05) is 55.1 Å². The van der Waals surface area contributed by atoms with Gasteiger partial charge in [-0.05, 0) is 29.8 Å². The fourth-order valence-corrected chi connectivity index (χ4v) is 5.03. The highest BCUT2D eigenvalue weighted by atomic mass is 35.5. The summed E-state index contributed by atoms with van der Waals surface area (Å²) >= 11 is 7.73. The van der Waals surface area contributed by atoms with Crippen LogP contribution in [0.5, 0.6) is 0 Å². The molecule has 0 bridgehead atoms. The number of amides is 1. The Labute approximate surface area is 191 Å². The van der Waals surface area contributed by atoms with Gasteiger partial charge in [0.15, 0.2) is 0 Å². The molecule has 162 valence electrons. The first-order valence-electron chi connectivity index (χ1n) is 10.4. The maximum Gasteiger partial charge on any atom is 0.270 e. The average Bonchev–Trinajstić information content (AvgIpc) is 3.43. The van der Waals surface area contributed by atoms with Gasteiger partial charge in [-0.25, -0.2) is 0 Å². The Bertz CT molecular complexity index is 994. The van der Waals surface area contributed by atoms with Crippen LogP contribution >= 0.6 is 23.4 Å². The first-order valence-corrected chi connectivity index (χ1v) is 11.8. The number of nitrogens with zero attached hydrogens (tertiary/aromatic N) is 3. The summed E-state index contributed by atoms with van der Waals surface area (Å²) < 4.78 is 0. The van der Waals surface area contributed by atoms with Gasteiger partial charge in [0.1, 0.15) is 11.9 Å². The van der Waals surface area contributed by atoms with Crippen molar-refractivity contribution in [1.82, 2.24) is 25.3 Å². The molecule has 0 saturated carbocycles. The van der Waals surface area contributed by atoms with Crippen molar-refractivity contribution in [3.05, 3.63) is 75.7 Å². The molecule has 1 unspecified atom stereocenters. The van der Waals surface area contributed by atoms with Gasteiger partial charge in [-0.15, -0.1) is 11.8 Å². The molecule has 0 aromatic heterocycles. The normalized spacial score (nSPS) is 23.3. The summed E-state index contributed by atoms with van der Waals surface area (Å²) in [7, 11) is 0. The predicted molar refractivity (Wildman–Crippen MR) is 125 cm³/mol. The molecule has 4 aliphatic heterocycles. The zero-order valence-corrected chi connectivity index (χ0v) is 18.6. The largest absolute Gasteiger partial charge is 0.398 e. The van der Waals surface area contributed by atoms with E-state index < -0.39 is 0 Å². The smallest absolute Gasteiger partial charge is 0.270 e. The topological polar surface area (TPSA) is 76.9 Å². The zero-order valence-electron chi connectivity index (χ0n) is 17.1. The van der Waals surface area contributed by atoms with Crippen molar-refractivity contribution in [1.29, 1.82) is 0 Å². The standard InChI is InChI=1S/C22H25ClN6OS/c23-16-3-1-15(2-4-16)21-19(29-11-17(24)5-6-20(29)26-21)12-27-7-9-28(10-8-27)22(30)18-13-31-14-25-18/h1-6,11,13,20,25-26H,7-10,12,14,24H2. The fraction of sp³-hybridized carbons (Fsp3) is 0.318. The number of nitrogens with one attached hydrogen (secondary N) is 2. The first kappa shape index (κ1) is 20.4. The number of fused-ring (bicyclic) bond motifs is 1. The SMILES string of the molecule is NC1=CN2C(CN3CCN(C(=O)C4=CSCN4)CC3)=C(c3ccc(Cl)cc3)NC2C=C1. The van der Waals surface area contributed by atoms with Crippen molar-refractivity contribution < 1.29 is 4.79 Å². The van der Waals surface area contributed by atoms with Crippen molar-refractivity contribution in [2.45, 2.75) is 6.17 Å². The Morgan fingerprint density at radius 2 is 1.97 bits per heavy atom. The van der Waals surface area contributed by atoms with Gasteiger partial charge in [-0.1, -0.05) is 23.7 Å². The highest BCUT2D eigenvalue weighted by Crippen LogP contribution is 2.32. The van der Waals surface area contributed by atoms with E-state index in [0.29, 0.717) is 0 Å². The highest BCUT2D eigenvalue weighted by molar-refractivity contribution is 8.02. The lowest BCUT2D eigenvalue weighted by Crippen LogP contribution is -2.50. The van der Waals surface area contributed by atoms with Crippen LogP contribution in [0.25, 0.3) is 5.70 Å². The molecule has 31 heavy (non-hydrogen) atoms. The number of thioether (sulfide) groups is 1. The average molecular weight is 457 g/mol. The van der Waals surface area contributed by atoms with E-state index in [1.807, 2.05) is 46.8 Å². The maximum absolute atomic E-state index is 12.6. The third-order valence-electron chi connectivity index (χ3n) is 5.89. The molecule has 7 nitrogen and oxygen atoms in total. The van der Waals surface area contributed by atoms with Crippen LogP contribution in [0.15, 0.2) is 65.1 Å². The molecule has 1 aromatic rings. The van der Waals surface area contributed by atoms with E-state index in [1.165, 1.54) is 5.70 Å². The second-order valence-corrected chi connectivity index (χ2v) is 9.20. The van der Waals surface area contributed by atoms with Crippen molar-refractivity contribution >= 4 is 35.0 Å². The minimum atomic E-state index is 0.0497. The number of nitrogens with two attached hydrogens (primary N) is 1. The van der Waals surface area contributed by atoms with Crippen molar-refractivity contribution in [2.24, 2.45) is 5.73 Å². The lowest BCUT2D eigenvalue weighted by Gasteiger charge is -2.36. The van der Waals surface area contributed by atoms with Gasteiger partial charge in [0.2, 0.25) is 0 Å². The Balaban J connectivity index is 1.33. The van der Waals surface area contributed by atoms with Gasteiger partial charge in [-0.3, -0.25) is 9.69 Å². The predicted octanol–water partition coefficient (Wildman–Crippen LogP) is 1.89. The number of carbonyl (C=O) groups is 1. The van der Waals surface area contributed by atoms with Crippen LogP contribution in [0.3, 0.4) is 0 Å². The van der Waals surface area contributed by atoms with Gasteiger partial charge < -0.3 is 26.2 Å². The molecule has 1 atom stereocenters. The van der Waals surface area contributed by atoms with Crippen LogP contribution in [0.4, 0.5) is 0 Å². The Kier molecular flexibility index (Phi) is 5.60. The van der Waals surface area contributed by atoms with E-state index in [4.69, 9.17) is 17.3 Å². The summed E-state index contributed by atoms with van der Waals surface area (Å²) in [6.07, 6.45) is 6.06. The molecule has 1 amide bonds. The summed E-state index contributed by atoms with van der Waals surface area (Å²) in [6, 6.07) is 7.90. The van der Waals surface area contributed by atoms with Crippen LogP contribution in [-0.2, 0) is 4.79 Å². The van der Waals surface area contributed by atoms with Crippen molar-refractivity contribution in [2.75, 3.05) is 38.6 Å². The van der Waals surface area contributed by atoms with E-state index in [9.17, 15) is 4.79 Å². The monoisotopic (exact) mass is 456 g/mol. The maximum atomic E-state index is 12.6. The third kappa shape index (κ3) is 4.15. The molecule has 0 aliphatic carbocycles. The molecule has 1 fully saturated rings. The summed E-state index contributed by atoms with van der Waals surface area (Å²) in [4.78, 5) is 19.2. The number of allylic oxidation sites excluding steroid dienone is 1. The molecular weight excluding hydrogens is 432 g/mol. The van der Waals surface area contributed by atoms with E-state index >= 15 is 0 Å². The Hall–Kier alpha value is -2.55. The van der Waals surface area contributed by atoms with E-state index in [2.05, 4.69) is 26.5 Å². The van der Waals surface area contributed by atoms with Gasteiger partial charge in [-0.2, -0.15) is 0 Å². The summed E-state index contributed by atoms with van der Waals surface area (Å²) in [6.45, 7) is 3.88. The minimum absolute atomic E-state index is 0.0497. The van der Waals surface area contributed by atoms with E-state index in [1.54, 1.807) is 11.8 Å². The molecule has 1 aromatic carbocycles. The molecule has 4 heterocycles. The number of piperazine rings is 1.